The highest BCUT2D eigenvalue weighted by Gasteiger charge is 2.16. The molecule has 0 fully saturated rings. The summed E-state index contributed by atoms with van der Waals surface area (Å²) in [6.07, 6.45) is 1.64. The van der Waals surface area contributed by atoms with E-state index in [2.05, 4.69) is 25.9 Å². The molecule has 0 saturated heterocycles. The number of hydrogen-bond donors (Lipinski definition) is 0. The minimum Gasteiger partial charge on any atom is -0.278 e. The van der Waals surface area contributed by atoms with Gasteiger partial charge in [-0.15, -0.1) is 11.6 Å². The van der Waals surface area contributed by atoms with E-state index in [1.807, 2.05) is 6.07 Å². The molecule has 3 rings (SSSR count). The molecule has 2 heterocycles. The van der Waals surface area contributed by atoms with Gasteiger partial charge in [-0.1, -0.05) is 11.6 Å². The third-order valence-corrected chi connectivity index (χ3v) is 3.79. The fourth-order valence-electron chi connectivity index (χ4n) is 1.99. The first-order valence-corrected chi connectivity index (χ1v) is 7.35. The summed E-state index contributed by atoms with van der Waals surface area (Å²) in [5.74, 6) is 0.338. The predicted molar refractivity (Wildman–Crippen MR) is 81.1 cm³/mol. The summed E-state index contributed by atoms with van der Waals surface area (Å²) in [6, 6.07) is 5.95. The summed E-state index contributed by atoms with van der Waals surface area (Å²) in [6.45, 7) is 0. The highest BCUT2D eigenvalue weighted by molar-refractivity contribution is 9.10. The van der Waals surface area contributed by atoms with Gasteiger partial charge in [0.25, 0.3) is 0 Å². The van der Waals surface area contributed by atoms with Crippen LogP contribution in [0.25, 0.3) is 16.9 Å². The van der Waals surface area contributed by atoms with Gasteiger partial charge < -0.3 is 0 Å². The number of imidazole rings is 1. The molecule has 7 heteroatoms. The van der Waals surface area contributed by atoms with E-state index in [-0.39, 0.29) is 11.7 Å². The van der Waals surface area contributed by atoms with E-state index >= 15 is 0 Å². The molecule has 3 nitrogen and oxygen atoms in total. The quantitative estimate of drug-likeness (QED) is 0.608. The molecule has 1 aromatic carbocycles. The van der Waals surface area contributed by atoms with Crippen molar-refractivity contribution in [2.75, 3.05) is 0 Å². The molecule has 0 aliphatic heterocycles. The molecule has 0 aliphatic carbocycles. The predicted octanol–water partition coefficient (Wildman–Crippen LogP) is 4.71. The lowest BCUT2D eigenvalue weighted by molar-refractivity contribution is 0.626. The number of halogens is 4. The number of pyridine rings is 1. The first-order chi connectivity index (χ1) is 9.60. The van der Waals surface area contributed by atoms with Gasteiger partial charge in [-0.3, -0.25) is 4.57 Å². The summed E-state index contributed by atoms with van der Waals surface area (Å²) in [5.41, 5.74) is 1.71. The molecular weight excluding hydrogens is 368 g/mol. The molecule has 2 aromatic heterocycles. The Bertz CT molecular complexity index is 804. The number of rotatable bonds is 2. The summed E-state index contributed by atoms with van der Waals surface area (Å²) in [5, 5.41) is 0.404. The van der Waals surface area contributed by atoms with Crippen LogP contribution in [0.2, 0.25) is 5.02 Å². The van der Waals surface area contributed by atoms with Crippen molar-refractivity contribution in [2.45, 2.75) is 5.88 Å². The molecule has 3 aromatic rings. The zero-order chi connectivity index (χ0) is 14.3. The van der Waals surface area contributed by atoms with Crippen LogP contribution in [0.1, 0.15) is 5.82 Å². The van der Waals surface area contributed by atoms with Crippen LogP contribution in [-0.2, 0) is 5.88 Å². The molecule has 0 unspecified atom stereocenters. The van der Waals surface area contributed by atoms with Crippen LogP contribution in [0.5, 0.6) is 0 Å². The molecule has 0 aliphatic rings. The van der Waals surface area contributed by atoms with Crippen LogP contribution >= 0.6 is 39.1 Å². The maximum Gasteiger partial charge on any atom is 0.164 e. The van der Waals surface area contributed by atoms with Gasteiger partial charge >= 0.3 is 0 Å². The second-order valence-electron chi connectivity index (χ2n) is 4.09. The molecule has 0 N–H and O–H groups in total. The number of nitrogens with zero attached hydrogens (tertiary/aromatic N) is 3. The second kappa shape index (κ2) is 5.31. The fraction of sp³-hybridized carbons (Fsp3) is 0.0769. The summed E-state index contributed by atoms with van der Waals surface area (Å²) in [4.78, 5) is 8.71. The van der Waals surface area contributed by atoms with Crippen molar-refractivity contribution in [3.63, 3.8) is 0 Å². The van der Waals surface area contributed by atoms with Crippen molar-refractivity contribution in [3.8, 4) is 5.69 Å². The topological polar surface area (TPSA) is 30.7 Å². The Morgan fingerprint density at radius 3 is 2.85 bits per heavy atom. The van der Waals surface area contributed by atoms with Crippen molar-refractivity contribution < 1.29 is 4.39 Å². The molecular formula is C13H7BrCl2FN3. The van der Waals surface area contributed by atoms with Crippen molar-refractivity contribution >= 4 is 50.3 Å². The number of alkyl halides is 1. The average Bonchev–Trinajstić information content (AvgIpc) is 2.78. The van der Waals surface area contributed by atoms with Gasteiger partial charge in [0.1, 0.15) is 17.2 Å². The van der Waals surface area contributed by atoms with Crippen LogP contribution in [0, 0.1) is 5.82 Å². The van der Waals surface area contributed by atoms with E-state index in [1.54, 1.807) is 10.8 Å². The number of aromatic nitrogens is 3. The standard InChI is InChI=1S/C13H7BrCl2FN3/c14-7-3-10-13(18-6-7)20(12(5-15)19-10)11-4-8(17)1-2-9(11)16/h1-4,6H,5H2. The van der Waals surface area contributed by atoms with Crippen molar-refractivity contribution in [3.05, 3.63) is 51.6 Å². The van der Waals surface area contributed by atoms with E-state index in [0.29, 0.717) is 27.7 Å². The first kappa shape index (κ1) is 13.8. The number of hydrogen-bond acceptors (Lipinski definition) is 2. The molecule has 0 spiro atoms. The highest BCUT2D eigenvalue weighted by Crippen LogP contribution is 2.28. The van der Waals surface area contributed by atoms with Gasteiger partial charge in [0.15, 0.2) is 5.65 Å². The largest absolute Gasteiger partial charge is 0.278 e. The van der Waals surface area contributed by atoms with Crippen LogP contribution < -0.4 is 0 Å². The van der Waals surface area contributed by atoms with Gasteiger partial charge in [0, 0.05) is 10.7 Å². The first-order valence-electron chi connectivity index (χ1n) is 5.64. The minimum atomic E-state index is -0.385. The number of benzene rings is 1. The molecule has 0 bridgehead atoms. The van der Waals surface area contributed by atoms with Crippen LogP contribution in [0.4, 0.5) is 4.39 Å². The highest BCUT2D eigenvalue weighted by atomic mass is 79.9. The molecule has 0 saturated carbocycles. The second-order valence-corrected chi connectivity index (χ2v) is 5.68. The SMILES string of the molecule is Fc1ccc(Cl)c(-n2c(CCl)nc3cc(Br)cnc32)c1. The van der Waals surface area contributed by atoms with E-state index in [4.69, 9.17) is 23.2 Å². The van der Waals surface area contributed by atoms with Gasteiger partial charge in [-0.25, -0.2) is 14.4 Å². The summed E-state index contributed by atoms with van der Waals surface area (Å²) >= 11 is 15.4. The summed E-state index contributed by atoms with van der Waals surface area (Å²) < 4.78 is 16.0. The Labute approximate surface area is 132 Å². The monoisotopic (exact) mass is 373 g/mol. The molecule has 20 heavy (non-hydrogen) atoms. The number of fused-ring (bicyclic) bond motifs is 1. The van der Waals surface area contributed by atoms with Crippen molar-refractivity contribution in [2.24, 2.45) is 0 Å². The van der Waals surface area contributed by atoms with Crippen molar-refractivity contribution in [1.29, 1.82) is 0 Å². The van der Waals surface area contributed by atoms with E-state index in [0.717, 1.165) is 4.47 Å². The fourth-order valence-corrected chi connectivity index (χ4v) is 2.69. The normalized spacial score (nSPS) is 11.2. The average molecular weight is 375 g/mol. The van der Waals surface area contributed by atoms with Gasteiger partial charge in [0.05, 0.1) is 16.6 Å². The third kappa shape index (κ3) is 2.30. The zero-order valence-corrected chi connectivity index (χ0v) is 13.0. The molecule has 0 radical (unpaired) electrons. The zero-order valence-electron chi connectivity index (χ0n) is 9.95. The van der Waals surface area contributed by atoms with Crippen LogP contribution in [-0.4, -0.2) is 14.5 Å². The Morgan fingerprint density at radius 2 is 2.10 bits per heavy atom. The van der Waals surface area contributed by atoms with Crippen molar-refractivity contribution in [1.82, 2.24) is 14.5 Å². The van der Waals surface area contributed by atoms with Gasteiger partial charge in [-0.2, -0.15) is 0 Å². The Kier molecular flexibility index (Phi) is 3.67. The van der Waals surface area contributed by atoms with E-state index in [1.165, 1.54) is 18.2 Å². The lowest BCUT2D eigenvalue weighted by Gasteiger charge is -2.09. The Morgan fingerprint density at radius 1 is 1.30 bits per heavy atom. The smallest absolute Gasteiger partial charge is 0.164 e. The Hall–Kier alpha value is -1.17. The van der Waals surface area contributed by atoms with Gasteiger partial charge in [-0.05, 0) is 40.2 Å². The van der Waals surface area contributed by atoms with E-state index in [9.17, 15) is 4.39 Å². The molecule has 0 amide bonds. The Balaban J connectivity index is 2.37. The maximum atomic E-state index is 13.5. The third-order valence-electron chi connectivity index (χ3n) is 2.80. The van der Waals surface area contributed by atoms with Crippen LogP contribution in [0.3, 0.4) is 0 Å². The molecule has 0 atom stereocenters. The maximum absolute atomic E-state index is 13.5. The minimum absolute atomic E-state index is 0.167. The molecule has 102 valence electrons. The lowest BCUT2D eigenvalue weighted by atomic mass is 10.3. The lowest BCUT2D eigenvalue weighted by Crippen LogP contribution is -2.01. The van der Waals surface area contributed by atoms with Crippen LogP contribution in [0.15, 0.2) is 34.9 Å². The summed E-state index contributed by atoms with van der Waals surface area (Å²) in [7, 11) is 0. The van der Waals surface area contributed by atoms with Gasteiger partial charge in [0.2, 0.25) is 0 Å². The van der Waals surface area contributed by atoms with E-state index < -0.39 is 0 Å².